The minimum Gasteiger partial charge on any atom is -0.459 e. The highest BCUT2D eigenvalue weighted by atomic mass is 28.4. The molecule has 1 aliphatic rings. The molecular formula is C20H36O4Si. The van der Waals surface area contributed by atoms with Crippen LogP contribution in [0.2, 0.25) is 16.6 Å². The smallest absolute Gasteiger partial charge is 0.303 e. The Bertz CT molecular complexity index is 464. The van der Waals surface area contributed by atoms with Gasteiger partial charge < -0.3 is 14.3 Å². The Hall–Kier alpha value is -0.913. The zero-order valence-corrected chi connectivity index (χ0v) is 17.9. The molecule has 0 bridgehead atoms. The first-order chi connectivity index (χ1) is 11.5. The van der Waals surface area contributed by atoms with Gasteiger partial charge in [0.05, 0.1) is 12.2 Å². The summed E-state index contributed by atoms with van der Waals surface area (Å²) in [5, 5.41) is 10.7. The first-order valence-corrected chi connectivity index (χ1v) is 11.5. The van der Waals surface area contributed by atoms with E-state index in [2.05, 4.69) is 54.7 Å². The van der Waals surface area contributed by atoms with Crippen LogP contribution >= 0.6 is 0 Å². The third-order valence-corrected chi connectivity index (χ3v) is 11.9. The van der Waals surface area contributed by atoms with Crippen LogP contribution in [0.15, 0.2) is 25.3 Å². The summed E-state index contributed by atoms with van der Waals surface area (Å²) in [7, 11) is -2.20. The lowest BCUT2D eigenvalue weighted by Gasteiger charge is -2.45. The molecule has 4 nitrogen and oxygen atoms in total. The topological polar surface area (TPSA) is 55.8 Å². The Kier molecular flexibility index (Phi) is 7.66. The van der Waals surface area contributed by atoms with Crippen molar-refractivity contribution in [3.8, 4) is 0 Å². The van der Waals surface area contributed by atoms with Crippen molar-refractivity contribution in [1.82, 2.24) is 0 Å². The van der Waals surface area contributed by atoms with Crippen molar-refractivity contribution in [1.29, 1.82) is 0 Å². The number of hydrogen-bond acceptors (Lipinski definition) is 4. The van der Waals surface area contributed by atoms with Gasteiger partial charge in [-0.3, -0.25) is 4.79 Å². The molecular weight excluding hydrogens is 332 g/mol. The first kappa shape index (κ1) is 22.1. The molecule has 0 heterocycles. The lowest BCUT2D eigenvalue weighted by molar-refractivity contribution is -0.152. The number of esters is 1. The van der Waals surface area contributed by atoms with E-state index >= 15 is 0 Å². The van der Waals surface area contributed by atoms with Crippen molar-refractivity contribution in [2.45, 2.75) is 83.4 Å². The molecule has 5 heteroatoms. The molecule has 0 aromatic heterocycles. The largest absolute Gasteiger partial charge is 0.459 e. The molecule has 144 valence electrons. The van der Waals surface area contributed by atoms with E-state index in [0.717, 1.165) is 0 Å². The van der Waals surface area contributed by atoms with Crippen LogP contribution in [-0.2, 0) is 14.0 Å². The normalized spacial score (nSPS) is 30.1. The molecule has 1 rings (SSSR count). The fourth-order valence-corrected chi connectivity index (χ4v) is 10.3. The van der Waals surface area contributed by atoms with E-state index in [4.69, 9.17) is 9.16 Å². The van der Waals surface area contributed by atoms with E-state index < -0.39 is 26.6 Å². The van der Waals surface area contributed by atoms with Gasteiger partial charge in [-0.2, -0.15) is 0 Å². The molecule has 0 spiro atoms. The molecule has 1 saturated carbocycles. The zero-order chi connectivity index (χ0) is 19.5. The first-order valence-electron chi connectivity index (χ1n) is 9.32. The second kappa shape index (κ2) is 8.65. The van der Waals surface area contributed by atoms with Crippen molar-refractivity contribution in [2.75, 3.05) is 0 Å². The summed E-state index contributed by atoms with van der Waals surface area (Å²) in [6.45, 7) is 22.4. The van der Waals surface area contributed by atoms with Crippen molar-refractivity contribution in [2.24, 2.45) is 11.8 Å². The quantitative estimate of drug-likeness (QED) is 0.390. The Morgan fingerprint density at radius 2 is 1.36 bits per heavy atom. The molecule has 0 amide bonds. The monoisotopic (exact) mass is 368 g/mol. The number of rotatable bonds is 8. The van der Waals surface area contributed by atoms with E-state index in [-0.39, 0.29) is 17.8 Å². The third-order valence-electron chi connectivity index (χ3n) is 5.76. The lowest BCUT2D eigenvalue weighted by Crippen LogP contribution is -2.53. The minimum atomic E-state index is -2.20. The van der Waals surface area contributed by atoms with E-state index in [1.807, 2.05) is 0 Å². The van der Waals surface area contributed by atoms with Gasteiger partial charge in [0.2, 0.25) is 8.32 Å². The number of carbonyl (C=O) groups excluding carboxylic acids is 1. The maximum absolute atomic E-state index is 11.7. The van der Waals surface area contributed by atoms with Gasteiger partial charge in [-0.1, -0.05) is 53.7 Å². The van der Waals surface area contributed by atoms with Gasteiger partial charge in [0.25, 0.3) is 0 Å². The molecule has 0 unspecified atom stereocenters. The van der Waals surface area contributed by atoms with Gasteiger partial charge in [-0.05, 0) is 16.6 Å². The average Bonchev–Trinajstić information content (AvgIpc) is 2.73. The van der Waals surface area contributed by atoms with Crippen molar-refractivity contribution >= 4 is 14.3 Å². The van der Waals surface area contributed by atoms with Gasteiger partial charge in [0, 0.05) is 18.8 Å². The summed E-state index contributed by atoms with van der Waals surface area (Å²) in [5.41, 5.74) is 1.20. The second-order valence-corrected chi connectivity index (χ2v) is 13.5. The number of carbonyl (C=O) groups is 1. The van der Waals surface area contributed by atoms with E-state index in [9.17, 15) is 9.90 Å². The molecule has 5 atom stereocenters. The van der Waals surface area contributed by atoms with Crippen LogP contribution in [0.1, 0.15) is 48.5 Å². The number of aliphatic hydroxyl groups excluding tert-OH is 1. The summed E-state index contributed by atoms with van der Waals surface area (Å²) < 4.78 is 12.5. The Balaban J connectivity index is 3.37. The van der Waals surface area contributed by atoms with Crippen LogP contribution in [0.3, 0.4) is 0 Å². The average molecular weight is 369 g/mol. The minimum absolute atomic E-state index is 0.282. The molecule has 0 aliphatic heterocycles. The summed E-state index contributed by atoms with van der Waals surface area (Å²) >= 11 is 0. The van der Waals surface area contributed by atoms with Crippen LogP contribution in [0.4, 0.5) is 0 Å². The predicted octanol–water partition coefficient (Wildman–Crippen LogP) is 4.46. The van der Waals surface area contributed by atoms with Gasteiger partial charge in [0.15, 0.2) is 0 Å². The molecule has 0 aromatic rings. The molecule has 1 aliphatic carbocycles. The maximum Gasteiger partial charge on any atom is 0.303 e. The Morgan fingerprint density at radius 1 is 0.960 bits per heavy atom. The fraction of sp³-hybridized carbons (Fsp3) is 0.750. The van der Waals surface area contributed by atoms with E-state index in [1.54, 1.807) is 12.2 Å². The summed E-state index contributed by atoms with van der Waals surface area (Å²) in [6.07, 6.45) is 1.77. The van der Waals surface area contributed by atoms with Crippen molar-refractivity contribution in [3.05, 3.63) is 25.3 Å². The molecule has 0 saturated heterocycles. The van der Waals surface area contributed by atoms with Gasteiger partial charge >= 0.3 is 5.97 Å². The van der Waals surface area contributed by atoms with Crippen LogP contribution < -0.4 is 0 Å². The zero-order valence-electron chi connectivity index (χ0n) is 16.9. The Morgan fingerprint density at radius 3 is 1.68 bits per heavy atom. The van der Waals surface area contributed by atoms with Gasteiger partial charge in [-0.25, -0.2) is 0 Å². The summed E-state index contributed by atoms with van der Waals surface area (Å²) in [4.78, 5) is 11.7. The van der Waals surface area contributed by atoms with Crippen LogP contribution in [0.5, 0.6) is 0 Å². The van der Waals surface area contributed by atoms with Crippen LogP contribution in [-0.4, -0.2) is 37.7 Å². The highest BCUT2D eigenvalue weighted by molar-refractivity contribution is 6.77. The van der Waals surface area contributed by atoms with Gasteiger partial charge in [0.1, 0.15) is 6.10 Å². The van der Waals surface area contributed by atoms with Crippen LogP contribution in [0, 0.1) is 11.8 Å². The Labute approximate surface area is 154 Å². The summed E-state index contributed by atoms with van der Waals surface area (Å²) in [6, 6.07) is 0. The number of aliphatic hydroxyl groups is 1. The molecule has 1 N–H and O–H groups in total. The second-order valence-electron chi connectivity index (χ2n) is 8.09. The summed E-state index contributed by atoms with van der Waals surface area (Å²) in [5.74, 6) is -1.00. The predicted molar refractivity (Wildman–Crippen MR) is 105 cm³/mol. The molecule has 0 aromatic carbocycles. The maximum atomic E-state index is 11.7. The van der Waals surface area contributed by atoms with Crippen molar-refractivity contribution < 1.29 is 19.1 Å². The fourth-order valence-electron chi connectivity index (χ4n) is 4.76. The lowest BCUT2D eigenvalue weighted by atomic mass is 10.0. The molecule has 0 radical (unpaired) electrons. The standard InChI is InChI=1S/C20H36O4Si/c1-10-16-18(22)17(11-2)20(19(16)23-15(9)21)24-25(12(3)4,13(5)6)14(7)8/h10-14,16-20,22H,1-2H2,3-9H3/t16-,17+,18-,19-,20-/m1/s1. The third kappa shape index (κ3) is 4.09. The van der Waals surface area contributed by atoms with Gasteiger partial charge in [-0.15, -0.1) is 13.2 Å². The van der Waals surface area contributed by atoms with E-state index in [0.29, 0.717) is 16.6 Å². The molecule has 25 heavy (non-hydrogen) atoms. The number of ether oxygens (including phenoxy) is 1. The van der Waals surface area contributed by atoms with E-state index in [1.165, 1.54) is 6.92 Å². The highest BCUT2D eigenvalue weighted by Gasteiger charge is 2.55. The van der Waals surface area contributed by atoms with Crippen molar-refractivity contribution in [3.63, 3.8) is 0 Å². The van der Waals surface area contributed by atoms with Crippen LogP contribution in [0.25, 0.3) is 0 Å². The highest BCUT2D eigenvalue weighted by Crippen LogP contribution is 2.47. The number of hydrogen-bond donors (Lipinski definition) is 1. The SMILES string of the molecule is C=C[C@@H]1[C@@H](O)[C@H](C=C)[C@@H](O[Si](C(C)C)(C(C)C)C(C)C)[C@@H]1OC(C)=O. The molecule has 1 fully saturated rings.